The summed E-state index contributed by atoms with van der Waals surface area (Å²) in [6, 6.07) is 15.1. The van der Waals surface area contributed by atoms with Gasteiger partial charge in [-0.05, 0) is 54.8 Å². The van der Waals surface area contributed by atoms with E-state index in [-0.39, 0.29) is 18.6 Å². The number of phenolic OH excluding ortho intramolecular Hbond substituents is 1. The Morgan fingerprint density at radius 1 is 1.13 bits per heavy atom. The summed E-state index contributed by atoms with van der Waals surface area (Å²) in [7, 11) is 1.53. The van der Waals surface area contributed by atoms with Gasteiger partial charge in [-0.3, -0.25) is 0 Å². The molecule has 3 aromatic rings. The van der Waals surface area contributed by atoms with Crippen LogP contribution in [0.15, 0.2) is 48.5 Å². The highest BCUT2D eigenvalue weighted by Gasteiger charge is 2.20. The van der Waals surface area contributed by atoms with Crippen molar-refractivity contribution in [3.8, 4) is 45.4 Å². The van der Waals surface area contributed by atoms with Crippen LogP contribution < -0.4 is 19.5 Å². The molecule has 0 amide bonds. The van der Waals surface area contributed by atoms with Crippen molar-refractivity contribution in [3.05, 3.63) is 48.5 Å². The molecule has 5 rings (SSSR count). The lowest BCUT2D eigenvalue weighted by Crippen LogP contribution is -2.19. The molecule has 2 N–H and O–H groups in total. The van der Waals surface area contributed by atoms with Crippen LogP contribution in [0.1, 0.15) is 12.8 Å². The minimum Gasteiger partial charge on any atom is -0.504 e. The van der Waals surface area contributed by atoms with Gasteiger partial charge in [-0.2, -0.15) is 0 Å². The third-order valence-electron chi connectivity index (χ3n) is 5.54. The summed E-state index contributed by atoms with van der Waals surface area (Å²) in [5.41, 5.74) is 3.47. The zero-order valence-corrected chi connectivity index (χ0v) is 17.3. The lowest BCUT2D eigenvalue weighted by molar-refractivity contribution is 0.120. The number of para-hydroxylation sites is 1. The maximum Gasteiger partial charge on any atom is 0.231 e. The number of aromatic nitrogens is 1. The average Bonchev–Trinajstić information content (AvgIpc) is 3.49. The average molecular weight is 420 g/mol. The third-order valence-corrected chi connectivity index (χ3v) is 5.54. The van der Waals surface area contributed by atoms with E-state index >= 15 is 0 Å². The Kier molecular flexibility index (Phi) is 5.26. The Morgan fingerprint density at radius 2 is 2.06 bits per heavy atom. The minimum atomic E-state index is 0.0885. The fraction of sp³-hybridized carbons (Fsp3) is 0.292. The van der Waals surface area contributed by atoms with Crippen molar-refractivity contribution >= 4 is 5.82 Å². The molecule has 1 atom stereocenters. The largest absolute Gasteiger partial charge is 0.504 e. The van der Waals surface area contributed by atoms with Gasteiger partial charge in [-0.1, -0.05) is 12.1 Å². The highest BCUT2D eigenvalue weighted by molar-refractivity contribution is 5.80. The molecule has 7 nitrogen and oxygen atoms in total. The number of ether oxygens (including phenoxy) is 4. The predicted octanol–water partition coefficient (Wildman–Crippen LogP) is 4.45. The lowest BCUT2D eigenvalue weighted by Gasteiger charge is -2.15. The van der Waals surface area contributed by atoms with Gasteiger partial charge in [0.25, 0.3) is 0 Å². The Morgan fingerprint density at radius 3 is 2.90 bits per heavy atom. The van der Waals surface area contributed by atoms with E-state index in [1.54, 1.807) is 12.1 Å². The molecular weight excluding hydrogens is 396 g/mol. The van der Waals surface area contributed by atoms with Gasteiger partial charge in [0.05, 0.1) is 18.9 Å². The first-order chi connectivity index (χ1) is 15.2. The number of fused-ring (bicyclic) bond motifs is 1. The van der Waals surface area contributed by atoms with Crippen LogP contribution in [0, 0.1) is 0 Å². The summed E-state index contributed by atoms with van der Waals surface area (Å²) in [5, 5.41) is 13.4. The van der Waals surface area contributed by atoms with E-state index < -0.39 is 0 Å². The number of pyridine rings is 1. The van der Waals surface area contributed by atoms with Crippen LogP contribution >= 0.6 is 0 Å². The molecule has 1 saturated heterocycles. The number of hydrogen-bond donors (Lipinski definition) is 2. The summed E-state index contributed by atoms with van der Waals surface area (Å²) in [4.78, 5) is 4.81. The minimum absolute atomic E-state index is 0.0885. The topological polar surface area (TPSA) is 82.1 Å². The molecule has 0 aliphatic carbocycles. The number of phenols is 1. The van der Waals surface area contributed by atoms with Crippen molar-refractivity contribution < 1.29 is 24.1 Å². The molecule has 0 bridgehead atoms. The van der Waals surface area contributed by atoms with Gasteiger partial charge < -0.3 is 29.4 Å². The van der Waals surface area contributed by atoms with Crippen LogP contribution in [0.5, 0.6) is 23.0 Å². The van der Waals surface area contributed by atoms with Crippen molar-refractivity contribution in [3.63, 3.8) is 0 Å². The molecule has 0 saturated carbocycles. The second kappa shape index (κ2) is 8.35. The standard InChI is InChI=1S/C24H24N2O5/c1-28-22-11-15(7-8-20(22)27)19-10-16(18-5-2-6-21-24(18)31-14-30-21)12-23(26-19)25-13-17-4-3-9-29-17/h2,5-8,10-12,17,27H,3-4,9,13-14H2,1H3,(H,25,26). The Balaban J connectivity index is 1.56. The van der Waals surface area contributed by atoms with Crippen LogP contribution in [0.3, 0.4) is 0 Å². The van der Waals surface area contributed by atoms with Gasteiger partial charge in [0.15, 0.2) is 23.0 Å². The van der Waals surface area contributed by atoms with E-state index in [9.17, 15) is 5.11 Å². The predicted molar refractivity (Wildman–Crippen MR) is 117 cm³/mol. The van der Waals surface area contributed by atoms with E-state index in [0.717, 1.165) is 59.1 Å². The number of nitrogens with zero attached hydrogens (tertiary/aromatic N) is 1. The van der Waals surface area contributed by atoms with E-state index in [4.69, 9.17) is 23.9 Å². The van der Waals surface area contributed by atoms with Crippen molar-refractivity contribution in [2.45, 2.75) is 18.9 Å². The van der Waals surface area contributed by atoms with Crippen LogP contribution in [0.25, 0.3) is 22.4 Å². The molecule has 7 heteroatoms. The van der Waals surface area contributed by atoms with Gasteiger partial charge in [-0.15, -0.1) is 0 Å². The molecule has 0 radical (unpaired) electrons. The Bertz CT molecular complexity index is 1100. The first-order valence-electron chi connectivity index (χ1n) is 10.3. The number of methoxy groups -OCH3 is 1. The highest BCUT2D eigenvalue weighted by atomic mass is 16.7. The maximum absolute atomic E-state index is 9.98. The van der Waals surface area contributed by atoms with Crippen LogP contribution in [-0.2, 0) is 4.74 Å². The van der Waals surface area contributed by atoms with Crippen LogP contribution in [0.4, 0.5) is 5.82 Å². The van der Waals surface area contributed by atoms with Gasteiger partial charge in [0.2, 0.25) is 6.79 Å². The molecule has 0 spiro atoms. The van der Waals surface area contributed by atoms with Crippen LogP contribution in [0.2, 0.25) is 0 Å². The smallest absolute Gasteiger partial charge is 0.231 e. The molecule has 160 valence electrons. The number of aromatic hydroxyl groups is 1. The molecular formula is C24H24N2O5. The number of nitrogens with one attached hydrogen (secondary N) is 1. The zero-order chi connectivity index (χ0) is 21.2. The molecule has 3 heterocycles. The number of hydrogen-bond acceptors (Lipinski definition) is 7. The van der Waals surface area contributed by atoms with E-state index in [2.05, 4.69) is 5.32 Å². The van der Waals surface area contributed by atoms with Crippen molar-refractivity contribution in [2.75, 3.05) is 32.4 Å². The number of rotatable bonds is 6. The summed E-state index contributed by atoms with van der Waals surface area (Å²) >= 11 is 0. The van der Waals surface area contributed by atoms with E-state index in [1.807, 2.05) is 36.4 Å². The molecule has 2 aromatic carbocycles. The summed E-state index contributed by atoms with van der Waals surface area (Å²) in [6.07, 6.45) is 2.33. The monoisotopic (exact) mass is 420 g/mol. The first kappa shape index (κ1) is 19.5. The SMILES string of the molecule is COc1cc(-c2cc(-c3cccc4c3OCO4)cc(NCC3CCCO3)n2)ccc1O. The van der Waals surface area contributed by atoms with Gasteiger partial charge in [0.1, 0.15) is 5.82 Å². The fourth-order valence-electron chi connectivity index (χ4n) is 3.94. The maximum atomic E-state index is 9.98. The van der Waals surface area contributed by atoms with E-state index in [0.29, 0.717) is 12.3 Å². The molecule has 1 aromatic heterocycles. The number of anilines is 1. The molecule has 2 aliphatic heterocycles. The van der Waals surface area contributed by atoms with Crippen LogP contribution in [-0.4, -0.2) is 43.2 Å². The van der Waals surface area contributed by atoms with Crippen molar-refractivity contribution in [1.29, 1.82) is 0 Å². The molecule has 1 unspecified atom stereocenters. The fourth-order valence-corrected chi connectivity index (χ4v) is 3.94. The molecule has 2 aliphatic rings. The second-order valence-corrected chi connectivity index (χ2v) is 7.57. The number of benzene rings is 2. The normalized spacial score (nSPS) is 17.0. The van der Waals surface area contributed by atoms with Gasteiger partial charge in [-0.25, -0.2) is 4.98 Å². The quantitative estimate of drug-likeness (QED) is 0.610. The van der Waals surface area contributed by atoms with E-state index in [1.165, 1.54) is 7.11 Å². The van der Waals surface area contributed by atoms with Crippen molar-refractivity contribution in [1.82, 2.24) is 4.98 Å². The summed E-state index contributed by atoms with van der Waals surface area (Å²) in [5.74, 6) is 2.69. The Labute approximate surface area is 180 Å². The zero-order valence-electron chi connectivity index (χ0n) is 17.3. The molecule has 1 fully saturated rings. The Hall–Kier alpha value is -3.45. The van der Waals surface area contributed by atoms with Gasteiger partial charge in [0, 0.05) is 24.3 Å². The van der Waals surface area contributed by atoms with Gasteiger partial charge >= 0.3 is 0 Å². The molecule has 31 heavy (non-hydrogen) atoms. The van der Waals surface area contributed by atoms with Crippen molar-refractivity contribution in [2.24, 2.45) is 0 Å². The summed E-state index contributed by atoms with van der Waals surface area (Å²) < 4.78 is 22.3. The third kappa shape index (κ3) is 3.96. The second-order valence-electron chi connectivity index (χ2n) is 7.57. The first-order valence-corrected chi connectivity index (χ1v) is 10.3. The summed E-state index contributed by atoms with van der Waals surface area (Å²) in [6.45, 7) is 1.72. The highest BCUT2D eigenvalue weighted by Crippen LogP contribution is 2.42. The lowest BCUT2D eigenvalue weighted by atomic mass is 10.0.